The molecule has 15 heavy (non-hydrogen) atoms. The Balaban J connectivity index is 2.17. The molecule has 0 unspecified atom stereocenters. The molecule has 0 bridgehead atoms. The number of nitrogens with zero attached hydrogens (tertiary/aromatic N) is 1. The van der Waals surface area contributed by atoms with Crippen molar-refractivity contribution in [2.45, 2.75) is 39.0 Å². The summed E-state index contributed by atoms with van der Waals surface area (Å²) in [6, 6.07) is 1.25. The molecule has 0 fully saturated rings. The predicted molar refractivity (Wildman–Crippen MR) is 71.9 cm³/mol. The van der Waals surface area contributed by atoms with Gasteiger partial charge in [-0.05, 0) is 40.9 Å². The van der Waals surface area contributed by atoms with E-state index in [1.54, 1.807) is 0 Å². The number of hydrogen-bond donors (Lipinski definition) is 0. The second-order valence-electron chi connectivity index (χ2n) is 5.43. The van der Waals surface area contributed by atoms with E-state index in [2.05, 4.69) is 47.4 Å². The normalized spacial score (nSPS) is 17.8. The molecule has 1 aliphatic heterocycles. The van der Waals surface area contributed by atoms with Gasteiger partial charge in [0.15, 0.2) is 0 Å². The zero-order valence-corrected chi connectivity index (χ0v) is 12.9. The lowest BCUT2D eigenvalue weighted by atomic mass is 10.3. The number of ether oxygens (including phenoxy) is 1. The molecular formula is C11H22BrNOSi. The quantitative estimate of drug-likeness (QED) is 0.436. The predicted octanol–water partition coefficient (Wildman–Crippen LogP) is 3.63. The van der Waals surface area contributed by atoms with Crippen molar-refractivity contribution in [1.82, 2.24) is 4.90 Å². The zero-order chi connectivity index (χ0) is 11.5. The van der Waals surface area contributed by atoms with Crippen molar-refractivity contribution in [2.75, 3.05) is 19.9 Å². The van der Waals surface area contributed by atoms with Gasteiger partial charge in [0.25, 0.3) is 0 Å². The van der Waals surface area contributed by atoms with Crippen LogP contribution in [0.2, 0.25) is 25.7 Å². The lowest BCUT2D eigenvalue weighted by molar-refractivity contribution is 0.0654. The van der Waals surface area contributed by atoms with Gasteiger partial charge in [-0.2, -0.15) is 0 Å². The molecule has 2 nitrogen and oxygen atoms in total. The van der Waals surface area contributed by atoms with E-state index in [0.717, 1.165) is 26.3 Å². The maximum Gasteiger partial charge on any atom is 0.119 e. The number of hydrogen-bond acceptors (Lipinski definition) is 2. The van der Waals surface area contributed by atoms with Crippen LogP contribution in [0.3, 0.4) is 0 Å². The van der Waals surface area contributed by atoms with Gasteiger partial charge in [-0.25, -0.2) is 0 Å². The van der Waals surface area contributed by atoms with Crippen LogP contribution in [0.4, 0.5) is 0 Å². The van der Waals surface area contributed by atoms with Crippen LogP contribution >= 0.6 is 15.9 Å². The maximum absolute atomic E-state index is 5.71. The van der Waals surface area contributed by atoms with Crippen LogP contribution in [0, 0.1) is 0 Å². The molecule has 1 heterocycles. The molecule has 0 spiro atoms. The van der Waals surface area contributed by atoms with E-state index in [0.29, 0.717) is 0 Å². The van der Waals surface area contributed by atoms with Crippen molar-refractivity contribution in [3.05, 3.63) is 10.2 Å². The van der Waals surface area contributed by atoms with Gasteiger partial charge in [0.2, 0.25) is 0 Å². The van der Waals surface area contributed by atoms with Crippen molar-refractivity contribution in [3.63, 3.8) is 0 Å². The van der Waals surface area contributed by atoms with Crippen molar-refractivity contribution < 1.29 is 4.74 Å². The van der Waals surface area contributed by atoms with Crippen LogP contribution in [0.25, 0.3) is 0 Å². The first-order valence-electron chi connectivity index (χ1n) is 5.58. The van der Waals surface area contributed by atoms with Gasteiger partial charge in [-0.15, -0.1) is 0 Å². The maximum atomic E-state index is 5.71. The third kappa shape index (κ3) is 4.70. The highest BCUT2D eigenvalue weighted by Crippen LogP contribution is 2.26. The molecule has 0 atom stereocenters. The fourth-order valence-electron chi connectivity index (χ4n) is 1.45. The molecule has 4 heteroatoms. The minimum atomic E-state index is -0.932. The van der Waals surface area contributed by atoms with Gasteiger partial charge in [0.05, 0.1) is 4.61 Å². The molecule has 0 aromatic rings. The van der Waals surface area contributed by atoms with Crippen LogP contribution in [0.5, 0.6) is 0 Å². The fraction of sp³-hybridized carbons (Fsp3) is 0.818. The summed E-state index contributed by atoms with van der Waals surface area (Å²) >= 11 is 3.60. The summed E-state index contributed by atoms with van der Waals surface area (Å²) in [7, 11) is -0.932. The van der Waals surface area contributed by atoms with Gasteiger partial charge >= 0.3 is 0 Å². The van der Waals surface area contributed by atoms with Gasteiger partial charge in [0, 0.05) is 21.2 Å². The van der Waals surface area contributed by atoms with E-state index in [1.807, 2.05) is 0 Å². The molecule has 0 saturated heterocycles. The van der Waals surface area contributed by atoms with E-state index in [9.17, 15) is 0 Å². The van der Waals surface area contributed by atoms with E-state index in [-0.39, 0.29) is 0 Å². The summed E-state index contributed by atoms with van der Waals surface area (Å²) in [5, 5.41) is 0. The van der Waals surface area contributed by atoms with Crippen molar-refractivity contribution in [1.29, 1.82) is 0 Å². The van der Waals surface area contributed by atoms with Crippen LogP contribution in [-0.2, 0) is 4.74 Å². The summed E-state index contributed by atoms with van der Waals surface area (Å²) < 4.78 is 6.94. The Morgan fingerprint density at radius 1 is 1.40 bits per heavy atom. The Labute approximate surface area is 103 Å². The molecular weight excluding hydrogens is 270 g/mol. The Morgan fingerprint density at radius 3 is 2.53 bits per heavy atom. The molecule has 88 valence electrons. The van der Waals surface area contributed by atoms with Gasteiger partial charge in [-0.3, -0.25) is 0 Å². The highest BCUT2D eigenvalue weighted by molar-refractivity contribution is 9.11. The third-order valence-electron chi connectivity index (χ3n) is 2.63. The number of halogens is 1. The number of rotatable bonds is 5. The Morgan fingerprint density at radius 2 is 2.07 bits per heavy atom. The summed E-state index contributed by atoms with van der Waals surface area (Å²) in [4.78, 5) is 2.26. The van der Waals surface area contributed by atoms with Crippen molar-refractivity contribution >= 4 is 24.0 Å². The highest BCUT2D eigenvalue weighted by atomic mass is 79.9. The minimum Gasteiger partial charge on any atom is -0.361 e. The molecule has 0 aromatic heterocycles. The SMILES string of the molecule is CC1=C(Br)N(COCC[Si](C)(C)C)CC1. The molecule has 0 N–H and O–H groups in total. The summed E-state index contributed by atoms with van der Waals surface area (Å²) in [5.41, 5.74) is 1.43. The molecule has 1 aliphatic rings. The lowest BCUT2D eigenvalue weighted by Crippen LogP contribution is -2.25. The van der Waals surface area contributed by atoms with Gasteiger partial charge in [0.1, 0.15) is 6.73 Å². The second-order valence-corrected chi connectivity index (χ2v) is 11.8. The highest BCUT2D eigenvalue weighted by Gasteiger charge is 2.17. The first-order chi connectivity index (χ1) is 6.90. The Hall–Kier alpha value is 0.197. The summed E-state index contributed by atoms with van der Waals surface area (Å²) in [6.07, 6.45) is 1.16. The first-order valence-corrected chi connectivity index (χ1v) is 10.1. The summed E-state index contributed by atoms with van der Waals surface area (Å²) in [5.74, 6) is 0. The fourth-order valence-corrected chi connectivity index (χ4v) is 2.68. The van der Waals surface area contributed by atoms with Crippen LogP contribution in [0.15, 0.2) is 10.2 Å². The standard InChI is InChI=1S/C11H22BrNOSi/c1-10-5-6-13(11(10)12)9-14-7-8-15(2,3)4/h5-9H2,1-4H3. The molecule has 0 aromatic carbocycles. The Bertz CT molecular complexity index is 247. The van der Waals surface area contributed by atoms with Crippen LogP contribution < -0.4 is 0 Å². The lowest BCUT2D eigenvalue weighted by Gasteiger charge is -2.20. The van der Waals surface area contributed by atoms with E-state index in [4.69, 9.17) is 4.74 Å². The average molecular weight is 292 g/mol. The first kappa shape index (κ1) is 13.3. The molecule has 0 radical (unpaired) electrons. The second kappa shape index (κ2) is 5.50. The van der Waals surface area contributed by atoms with E-state index >= 15 is 0 Å². The van der Waals surface area contributed by atoms with E-state index in [1.165, 1.54) is 16.2 Å². The van der Waals surface area contributed by atoms with Crippen molar-refractivity contribution in [2.24, 2.45) is 0 Å². The molecule has 1 rings (SSSR count). The molecule has 0 aliphatic carbocycles. The van der Waals surface area contributed by atoms with Crippen molar-refractivity contribution in [3.8, 4) is 0 Å². The average Bonchev–Trinajstić information content (AvgIpc) is 2.42. The molecule has 0 amide bonds. The smallest absolute Gasteiger partial charge is 0.119 e. The zero-order valence-electron chi connectivity index (χ0n) is 10.3. The monoisotopic (exact) mass is 291 g/mol. The third-order valence-corrected chi connectivity index (χ3v) is 5.51. The van der Waals surface area contributed by atoms with Gasteiger partial charge in [-0.1, -0.05) is 19.6 Å². The Kier molecular flexibility index (Phi) is 4.87. The van der Waals surface area contributed by atoms with E-state index < -0.39 is 8.07 Å². The van der Waals surface area contributed by atoms with Gasteiger partial charge < -0.3 is 9.64 Å². The largest absolute Gasteiger partial charge is 0.361 e. The van der Waals surface area contributed by atoms with Crippen LogP contribution in [0.1, 0.15) is 13.3 Å². The molecule has 0 saturated carbocycles. The summed E-state index contributed by atoms with van der Waals surface area (Å²) in [6.45, 7) is 12.1. The van der Waals surface area contributed by atoms with Crippen LogP contribution in [-0.4, -0.2) is 32.9 Å². The topological polar surface area (TPSA) is 12.5 Å². The minimum absolute atomic E-state index is 0.738.